The number of carbonyl (C=O) groups is 1. The molecule has 11 heteroatoms. The number of aliphatic hydroxyl groups excluding tert-OH is 5. The first-order valence-electron chi connectivity index (χ1n) is 12.1. The molecule has 5 rings (SSSR count). The number of methoxy groups -OCH3 is 1. The fraction of sp³-hybridized carbons (Fsp3) is 0.333. The third-order valence-electron chi connectivity index (χ3n) is 7.12. The van der Waals surface area contributed by atoms with Gasteiger partial charge in [-0.15, -0.1) is 0 Å². The summed E-state index contributed by atoms with van der Waals surface area (Å²) in [5, 5.41) is 55.1. The van der Waals surface area contributed by atoms with Crippen molar-refractivity contribution >= 4 is 27.7 Å². The molecule has 0 spiro atoms. The van der Waals surface area contributed by atoms with Crippen molar-refractivity contribution in [3.63, 3.8) is 0 Å². The van der Waals surface area contributed by atoms with Crippen LogP contribution in [0.5, 0.6) is 5.75 Å². The number of rotatable bonds is 7. The number of aromatic nitrogens is 2. The molecule has 38 heavy (non-hydrogen) atoms. The second-order valence-electron chi connectivity index (χ2n) is 9.38. The van der Waals surface area contributed by atoms with E-state index < -0.39 is 49.3 Å². The zero-order valence-electron chi connectivity index (χ0n) is 20.6. The normalized spacial score (nSPS) is 25.5. The molecule has 0 saturated carbocycles. The van der Waals surface area contributed by atoms with Gasteiger partial charge in [-0.3, -0.25) is 9.78 Å². The Morgan fingerprint density at radius 2 is 1.97 bits per heavy atom. The summed E-state index contributed by atoms with van der Waals surface area (Å²) >= 11 is 0. The molecule has 3 heterocycles. The molecule has 1 aliphatic rings. The van der Waals surface area contributed by atoms with Gasteiger partial charge in [0.1, 0.15) is 29.6 Å². The zero-order valence-corrected chi connectivity index (χ0v) is 20.6. The van der Waals surface area contributed by atoms with Crippen LogP contribution in [0.25, 0.3) is 21.8 Å². The fourth-order valence-electron chi connectivity index (χ4n) is 4.93. The van der Waals surface area contributed by atoms with Gasteiger partial charge in [0, 0.05) is 35.8 Å². The third-order valence-corrected chi connectivity index (χ3v) is 7.12. The summed E-state index contributed by atoms with van der Waals surface area (Å²) in [7, 11) is 1.54. The SMILES string of the molecule is COc1ccc2c(C(=O)N[C@@]3(CO)C(O)O[C@H](CO)[C@@H](O)[C@@H]3O)cn(Cc3ccc4ncccc4c3)c2c1. The number of hydrogen-bond acceptors (Lipinski definition) is 9. The molecule has 0 radical (unpaired) electrons. The number of carbonyl (C=O) groups excluding carboxylic acids is 1. The highest BCUT2D eigenvalue weighted by Gasteiger charge is 2.56. The summed E-state index contributed by atoms with van der Waals surface area (Å²) in [5.41, 5.74) is 0.598. The highest BCUT2D eigenvalue weighted by Crippen LogP contribution is 2.31. The lowest BCUT2D eigenvalue weighted by Gasteiger charge is -2.48. The second kappa shape index (κ2) is 10.3. The molecule has 1 aliphatic heterocycles. The van der Waals surface area contributed by atoms with E-state index in [0.29, 0.717) is 23.2 Å². The number of nitrogens with zero attached hydrogens (tertiary/aromatic N) is 2. The Morgan fingerprint density at radius 1 is 1.16 bits per heavy atom. The minimum atomic E-state index is -2.13. The largest absolute Gasteiger partial charge is 0.497 e. The number of fused-ring (bicyclic) bond motifs is 2. The second-order valence-corrected chi connectivity index (χ2v) is 9.38. The monoisotopic (exact) mass is 523 g/mol. The van der Waals surface area contributed by atoms with E-state index in [0.717, 1.165) is 16.5 Å². The van der Waals surface area contributed by atoms with Crippen molar-refractivity contribution in [1.29, 1.82) is 0 Å². The summed E-state index contributed by atoms with van der Waals surface area (Å²) in [6.45, 7) is -1.20. The van der Waals surface area contributed by atoms with Gasteiger partial charge in [-0.1, -0.05) is 12.1 Å². The van der Waals surface area contributed by atoms with Crippen LogP contribution in [-0.4, -0.2) is 91.5 Å². The zero-order chi connectivity index (χ0) is 27.0. The van der Waals surface area contributed by atoms with Gasteiger partial charge in [0.15, 0.2) is 6.29 Å². The summed E-state index contributed by atoms with van der Waals surface area (Å²) in [6, 6.07) is 14.9. The summed E-state index contributed by atoms with van der Waals surface area (Å²) in [6.07, 6.45) is -3.31. The molecule has 1 saturated heterocycles. The van der Waals surface area contributed by atoms with E-state index in [1.807, 2.05) is 34.9 Å². The average molecular weight is 524 g/mol. The van der Waals surface area contributed by atoms with Gasteiger partial charge in [0.2, 0.25) is 0 Å². The molecule has 2 aromatic heterocycles. The van der Waals surface area contributed by atoms with Crippen LogP contribution in [0.4, 0.5) is 0 Å². The maximum Gasteiger partial charge on any atom is 0.254 e. The molecule has 2 aromatic carbocycles. The van der Waals surface area contributed by atoms with Crippen molar-refractivity contribution in [2.45, 2.75) is 36.7 Å². The van der Waals surface area contributed by atoms with Crippen LogP contribution in [0.2, 0.25) is 0 Å². The van der Waals surface area contributed by atoms with E-state index in [1.165, 1.54) is 0 Å². The van der Waals surface area contributed by atoms with Crippen molar-refractivity contribution < 1.29 is 39.8 Å². The van der Waals surface area contributed by atoms with Crippen LogP contribution in [0, 0.1) is 0 Å². The van der Waals surface area contributed by atoms with Gasteiger partial charge in [-0.2, -0.15) is 0 Å². The molecule has 200 valence electrons. The first-order chi connectivity index (χ1) is 18.3. The van der Waals surface area contributed by atoms with E-state index in [2.05, 4.69) is 10.3 Å². The topological polar surface area (TPSA) is 167 Å². The maximum absolute atomic E-state index is 13.6. The molecule has 4 aromatic rings. The van der Waals surface area contributed by atoms with E-state index >= 15 is 0 Å². The smallest absolute Gasteiger partial charge is 0.254 e. The first kappa shape index (κ1) is 26.0. The minimum absolute atomic E-state index is 0.205. The van der Waals surface area contributed by atoms with Crippen molar-refractivity contribution in [2.75, 3.05) is 20.3 Å². The van der Waals surface area contributed by atoms with E-state index in [9.17, 15) is 30.3 Å². The molecule has 1 unspecified atom stereocenters. The van der Waals surface area contributed by atoms with Crippen LogP contribution < -0.4 is 10.1 Å². The number of ether oxygens (including phenoxy) is 2. The van der Waals surface area contributed by atoms with Crippen LogP contribution in [0.1, 0.15) is 15.9 Å². The maximum atomic E-state index is 13.6. The van der Waals surface area contributed by atoms with Crippen molar-refractivity contribution in [3.05, 3.63) is 72.1 Å². The Kier molecular flexibility index (Phi) is 7.05. The number of amides is 1. The highest BCUT2D eigenvalue weighted by atomic mass is 16.6. The van der Waals surface area contributed by atoms with Gasteiger partial charge in [0.25, 0.3) is 5.91 Å². The quantitative estimate of drug-likeness (QED) is 0.197. The van der Waals surface area contributed by atoms with E-state index in [1.54, 1.807) is 37.7 Å². The standard InChI is InChI=1S/C27H29N3O8/c1-37-17-5-6-18-19(25(35)29-27(14-32)24(34)23(33)22(13-31)38-26(27)36)12-30(21(18)10-17)11-15-4-7-20-16(9-15)3-2-8-28-20/h2-10,12,22-24,26,31-34,36H,11,13-14H2,1H3,(H,29,35)/t22-,23-,24+,26?,27-/m1/s1. The fourth-order valence-corrected chi connectivity index (χ4v) is 4.93. The molecular weight excluding hydrogens is 494 g/mol. The van der Waals surface area contributed by atoms with Crippen LogP contribution in [0.3, 0.4) is 0 Å². The van der Waals surface area contributed by atoms with Crippen LogP contribution in [-0.2, 0) is 11.3 Å². The number of aliphatic hydroxyl groups is 5. The van der Waals surface area contributed by atoms with Gasteiger partial charge < -0.3 is 44.9 Å². The van der Waals surface area contributed by atoms with Crippen molar-refractivity contribution in [1.82, 2.24) is 14.9 Å². The van der Waals surface area contributed by atoms with Crippen LogP contribution >= 0.6 is 0 Å². The Morgan fingerprint density at radius 3 is 2.71 bits per heavy atom. The Labute approximate surface area is 217 Å². The van der Waals surface area contributed by atoms with Gasteiger partial charge >= 0.3 is 0 Å². The number of benzene rings is 2. The lowest BCUT2D eigenvalue weighted by atomic mass is 9.83. The molecule has 0 bridgehead atoms. The summed E-state index contributed by atoms with van der Waals surface area (Å²) in [5.74, 6) is -0.130. The Bertz CT molecular complexity index is 1470. The Hall–Kier alpha value is -3.58. The highest BCUT2D eigenvalue weighted by molar-refractivity contribution is 6.07. The molecule has 1 amide bonds. The molecule has 0 aliphatic carbocycles. The van der Waals surface area contributed by atoms with Crippen LogP contribution in [0.15, 0.2) is 60.9 Å². The predicted octanol–water partition coefficient (Wildman–Crippen LogP) is 0.139. The van der Waals surface area contributed by atoms with Gasteiger partial charge in [0.05, 0.1) is 36.9 Å². The molecule has 5 atom stereocenters. The number of nitrogens with one attached hydrogen (secondary N) is 1. The Balaban J connectivity index is 1.52. The molecule has 6 N–H and O–H groups in total. The molecular formula is C27H29N3O8. The van der Waals surface area contributed by atoms with E-state index in [4.69, 9.17) is 9.47 Å². The minimum Gasteiger partial charge on any atom is -0.497 e. The van der Waals surface area contributed by atoms with Gasteiger partial charge in [-0.05, 0) is 35.9 Å². The summed E-state index contributed by atoms with van der Waals surface area (Å²) in [4.78, 5) is 17.9. The lowest BCUT2D eigenvalue weighted by molar-refractivity contribution is -0.288. The van der Waals surface area contributed by atoms with E-state index in [-0.39, 0.29) is 5.56 Å². The first-order valence-corrected chi connectivity index (χ1v) is 12.1. The third kappa shape index (κ3) is 4.39. The molecule has 11 nitrogen and oxygen atoms in total. The lowest BCUT2D eigenvalue weighted by Crippen LogP contribution is -2.74. The number of hydrogen-bond donors (Lipinski definition) is 6. The van der Waals surface area contributed by atoms with Gasteiger partial charge in [-0.25, -0.2) is 0 Å². The van der Waals surface area contributed by atoms with Crippen molar-refractivity contribution in [3.8, 4) is 5.75 Å². The number of pyridine rings is 1. The molecule has 1 fully saturated rings. The average Bonchev–Trinajstić information content (AvgIpc) is 3.30. The summed E-state index contributed by atoms with van der Waals surface area (Å²) < 4.78 is 12.4. The van der Waals surface area contributed by atoms with Crippen molar-refractivity contribution in [2.24, 2.45) is 0 Å². The predicted molar refractivity (Wildman–Crippen MR) is 137 cm³/mol.